The lowest BCUT2D eigenvalue weighted by atomic mass is 9.83. The zero-order valence-corrected chi connectivity index (χ0v) is 53.5. The highest BCUT2D eigenvalue weighted by Gasteiger charge is 2.64. The number of hydrogen-bond acceptors (Lipinski definition) is 19. The van der Waals surface area contributed by atoms with Crippen molar-refractivity contribution in [1.82, 2.24) is 36.5 Å². The summed E-state index contributed by atoms with van der Waals surface area (Å²) in [6, 6.07) is 5.09. The summed E-state index contributed by atoms with van der Waals surface area (Å²) in [4.78, 5) is 138. The number of hydrogen-bond donors (Lipinski definition) is 8. The van der Waals surface area contributed by atoms with E-state index in [1.807, 2.05) is 13.0 Å². The molecule has 0 radical (unpaired) electrons. The molecule has 3 saturated heterocycles. The third-order valence-electron chi connectivity index (χ3n) is 15.9. The summed E-state index contributed by atoms with van der Waals surface area (Å²) in [6.07, 6.45) is -0.0385. The molecule has 0 aliphatic carbocycles. The Hall–Kier alpha value is -7.96. The number of primary amides is 1. The first-order valence-electron chi connectivity index (χ1n) is 29.3. The summed E-state index contributed by atoms with van der Waals surface area (Å²) in [5, 5.41) is 28.9. The van der Waals surface area contributed by atoms with Crippen LogP contribution in [-0.4, -0.2) is 188 Å². The van der Waals surface area contributed by atoms with Crippen LogP contribution in [-0.2, 0) is 68.5 Å². The highest BCUT2D eigenvalue weighted by Crippen LogP contribution is 2.49. The number of methoxy groups -OCH3 is 2. The van der Waals surface area contributed by atoms with Gasteiger partial charge in [-0.1, -0.05) is 56.2 Å². The van der Waals surface area contributed by atoms with Gasteiger partial charge in [-0.05, 0) is 100 Å². The van der Waals surface area contributed by atoms with Gasteiger partial charge in [-0.3, -0.25) is 34.1 Å². The number of allylic oxidation sites excluding steroid dienone is 3. The molecule has 0 saturated carbocycles. The minimum atomic E-state index is -1.92. The molecule has 4 aliphatic heterocycles. The largest absolute Gasteiger partial charge is 0.495 e. The number of likely N-dealkylation sites (N-methyl/N-ethyl adjacent to an activating group) is 1. The fourth-order valence-corrected chi connectivity index (χ4v) is 10.9. The molecule has 28 nitrogen and oxygen atoms in total. The molecule has 0 spiro atoms. The number of halogens is 1. The van der Waals surface area contributed by atoms with Crippen molar-refractivity contribution in [1.29, 1.82) is 0 Å². The number of carbonyl (C=O) groups is 10. The van der Waals surface area contributed by atoms with Crippen LogP contribution in [0, 0.1) is 11.8 Å². The first-order chi connectivity index (χ1) is 42.5. The Bertz CT molecular complexity index is 3080. The van der Waals surface area contributed by atoms with Crippen molar-refractivity contribution in [2.24, 2.45) is 17.6 Å². The number of hydroxylamine groups is 2. The van der Waals surface area contributed by atoms with Crippen LogP contribution in [0.25, 0.3) is 0 Å². The molecule has 30 heteroatoms. The number of thiocarbonyl (C=S) groups is 1. The van der Waals surface area contributed by atoms with Crippen LogP contribution in [0.3, 0.4) is 0 Å². The van der Waals surface area contributed by atoms with Crippen LogP contribution in [0.4, 0.5) is 21.0 Å². The molecule has 3 fully saturated rings. The summed E-state index contributed by atoms with van der Waals surface area (Å²) in [5.41, 5.74) is 4.22. The van der Waals surface area contributed by atoms with E-state index in [2.05, 4.69) is 31.9 Å². The number of carbonyl (C=O) groups excluding carboxylic acids is 10. The lowest BCUT2D eigenvalue weighted by Crippen LogP contribution is -2.63. The van der Waals surface area contributed by atoms with Gasteiger partial charge in [0.05, 0.1) is 45.0 Å². The second-order valence-corrected chi connectivity index (χ2v) is 23.7. The average Bonchev–Trinajstić information content (AvgIpc) is 1.57. The number of ether oxygens (including phenoxy) is 6. The summed E-state index contributed by atoms with van der Waals surface area (Å²) in [6.45, 7) is 10.5. The number of nitrogens with two attached hydrogens (primary N) is 1. The number of epoxide rings is 1. The minimum Gasteiger partial charge on any atom is -0.495 e. The van der Waals surface area contributed by atoms with Crippen molar-refractivity contribution in [3.8, 4) is 5.75 Å². The molecule has 6 rings (SSSR count). The van der Waals surface area contributed by atoms with E-state index in [4.69, 9.17) is 62.8 Å². The summed E-state index contributed by atoms with van der Waals surface area (Å²) < 4.78 is 35.0. The number of imide groups is 1. The second-order valence-electron chi connectivity index (χ2n) is 22.9. The van der Waals surface area contributed by atoms with Crippen LogP contribution in [0.1, 0.15) is 102 Å². The minimum absolute atomic E-state index is 0.0319. The van der Waals surface area contributed by atoms with Gasteiger partial charge in [0.2, 0.25) is 17.7 Å². The SMILES string of the molecule is COc1cc2cc(c1Cl)N(C)C(=O)C[C@H](OC(=O)[C@H](C)N(C)C(=O)c1ccc(NC(=O)[C@H](CCCNC(N)=O)NC(=O)[C@@H](NC(=S)NCCOCCC(=O)ON3C(=O)CCC3=O)C(C)C)cc1)[C@]1(C)O[C@H]1[C@H](C)[C@@H]1C[C@@](O)(NC(=O)O1)[C@H](OC)/C=C/C=C(\C)C2. The number of nitrogens with zero attached hydrogens (tertiary/aromatic N) is 3. The van der Waals surface area contributed by atoms with E-state index in [-0.39, 0.29) is 92.1 Å². The Labute approximate surface area is 531 Å². The van der Waals surface area contributed by atoms with Gasteiger partial charge in [0.15, 0.2) is 10.8 Å². The Morgan fingerprint density at radius 3 is 2.30 bits per heavy atom. The number of rotatable bonds is 23. The van der Waals surface area contributed by atoms with Crippen LogP contribution < -0.4 is 47.3 Å². The van der Waals surface area contributed by atoms with Gasteiger partial charge in [0.1, 0.15) is 52.8 Å². The van der Waals surface area contributed by atoms with Crippen LogP contribution in [0.2, 0.25) is 5.02 Å². The van der Waals surface area contributed by atoms with Gasteiger partial charge < -0.3 is 80.5 Å². The van der Waals surface area contributed by atoms with Crippen molar-refractivity contribution < 1.29 is 86.3 Å². The molecule has 4 aliphatic rings. The van der Waals surface area contributed by atoms with Crippen LogP contribution in [0.5, 0.6) is 5.75 Å². The van der Waals surface area contributed by atoms with Crippen molar-refractivity contribution in [3.63, 3.8) is 0 Å². The number of esters is 1. The monoisotopic (exact) mass is 1300 g/mol. The molecule has 2 aromatic rings. The smallest absolute Gasteiger partial charge is 0.409 e. The Balaban J connectivity index is 1.11. The van der Waals surface area contributed by atoms with Crippen molar-refractivity contribution in [2.75, 3.05) is 64.8 Å². The summed E-state index contributed by atoms with van der Waals surface area (Å²) in [5.74, 6) is -6.00. The third-order valence-corrected chi connectivity index (χ3v) is 16.5. The quantitative estimate of drug-likeness (QED) is 0.0260. The highest BCUT2D eigenvalue weighted by atomic mass is 35.5. The van der Waals surface area contributed by atoms with E-state index in [9.17, 15) is 53.1 Å². The molecule has 90 heavy (non-hydrogen) atoms. The Morgan fingerprint density at radius 2 is 1.66 bits per heavy atom. The van der Waals surface area contributed by atoms with E-state index in [0.717, 1.165) is 16.0 Å². The van der Waals surface area contributed by atoms with Gasteiger partial charge in [-0.25, -0.2) is 19.2 Å². The first-order valence-corrected chi connectivity index (χ1v) is 30.1. The first kappa shape index (κ1) is 71.1. The average molecular weight is 1300 g/mol. The number of alkyl carbamates (subject to hydrolysis) is 1. The maximum absolute atomic E-state index is 14.5. The normalized spacial score (nSPS) is 24.5. The molecular weight excluding hydrogens is 1220 g/mol. The fraction of sp³-hybridized carbons (Fsp3) is 0.550. The zero-order valence-electron chi connectivity index (χ0n) is 52.0. The third kappa shape index (κ3) is 18.6. The number of anilines is 2. The molecule has 9 amide bonds. The number of nitrogens with one attached hydrogen (secondary N) is 6. The van der Waals surface area contributed by atoms with Gasteiger partial charge in [-0.15, -0.1) is 5.06 Å². The molecule has 4 bridgehead atoms. The van der Waals surface area contributed by atoms with Crippen LogP contribution in [0.15, 0.2) is 60.2 Å². The maximum atomic E-state index is 14.5. The Kier molecular flexibility index (Phi) is 25.0. The molecule has 9 N–H and O–H groups in total. The number of urea groups is 1. The molecule has 0 aromatic heterocycles. The molecule has 10 atom stereocenters. The predicted molar refractivity (Wildman–Crippen MR) is 329 cm³/mol. The standard InChI is InChI=1S/C60H81ClN10O18S/c1-32(2)50(67-57(90)64-24-26-85-25-22-48(75)89-71-45(72)20-21-46(71)73)53(77)66-39(14-12-23-63-56(62)80)52(76)65-38-18-16-37(17-19-38)54(78)69(7)35(5)55(79)87-44-30-47(74)70(8)40-28-36(29-41(83-9)49(40)61)27-33(3)13-11-15-43(84-10)60(82)31-42(86-58(81)68-60)34(4)51-59(44,6)88-51/h11,13,15-19,28-29,32,34-35,39,42-44,50-51,82H,12,14,20-27,30-31H2,1-10H3,(H,65,76)(H,66,77)(H,68,81)(H3,62,63,80)(H2,64,67,90)/b15-11+,33-13+/t34-,35+,39+,42+,43-,44+,50+,51+,59+,60+/m1/s1. The number of aliphatic hydroxyl groups is 1. The van der Waals surface area contributed by atoms with E-state index < -0.39 is 126 Å². The van der Waals surface area contributed by atoms with Gasteiger partial charge in [0.25, 0.3) is 17.7 Å². The maximum Gasteiger partial charge on any atom is 0.409 e. The molecule has 4 heterocycles. The fourth-order valence-electron chi connectivity index (χ4n) is 10.4. The lowest BCUT2D eigenvalue weighted by Gasteiger charge is -2.42. The topological polar surface area (TPSA) is 367 Å². The summed E-state index contributed by atoms with van der Waals surface area (Å²) >= 11 is 12.3. The zero-order chi connectivity index (χ0) is 66.4. The van der Waals surface area contributed by atoms with Crippen molar-refractivity contribution >= 4 is 99.8 Å². The molecule has 2 aromatic carbocycles. The number of fused-ring (bicyclic) bond motifs is 5. The van der Waals surface area contributed by atoms with E-state index in [1.165, 1.54) is 64.4 Å². The highest BCUT2D eigenvalue weighted by molar-refractivity contribution is 7.80. The number of benzene rings is 2. The van der Waals surface area contributed by atoms with Crippen LogP contribution >= 0.6 is 23.8 Å². The van der Waals surface area contributed by atoms with Crippen molar-refractivity contribution in [3.05, 3.63) is 76.3 Å². The molecule has 492 valence electrons. The van der Waals surface area contributed by atoms with E-state index in [0.29, 0.717) is 22.9 Å². The molecule has 0 unspecified atom stereocenters. The summed E-state index contributed by atoms with van der Waals surface area (Å²) in [7, 11) is 5.75. The number of amides is 9. The Morgan fingerprint density at radius 1 is 0.967 bits per heavy atom. The van der Waals surface area contributed by atoms with Crippen molar-refractivity contribution in [2.45, 2.75) is 147 Å². The van der Waals surface area contributed by atoms with E-state index in [1.54, 1.807) is 52.0 Å². The van der Waals surface area contributed by atoms with Gasteiger partial charge >= 0.3 is 24.1 Å². The predicted octanol–water partition coefficient (Wildman–Crippen LogP) is 3.20. The molecular formula is C60H81ClN10O18S. The van der Waals surface area contributed by atoms with Gasteiger partial charge in [-0.2, -0.15) is 0 Å². The van der Waals surface area contributed by atoms with Gasteiger partial charge in [0, 0.05) is 70.7 Å². The van der Waals surface area contributed by atoms with E-state index >= 15 is 0 Å². The lowest BCUT2D eigenvalue weighted by molar-refractivity contribution is -0.198. The second kappa shape index (κ2) is 31.7.